The molecule has 0 bridgehead atoms. The van der Waals surface area contributed by atoms with Crippen molar-refractivity contribution in [2.24, 2.45) is 11.7 Å². The van der Waals surface area contributed by atoms with Gasteiger partial charge in [-0.1, -0.05) is 29.8 Å². The number of ether oxygens (including phenoxy) is 1. The van der Waals surface area contributed by atoms with Gasteiger partial charge in [-0.2, -0.15) is 11.8 Å². The molecule has 1 spiro atoms. The molecule has 2 saturated heterocycles. The SMILES string of the molecule is Cc1cccc(CCC(N)C2CCOC3(CCSC3)C2)c1. The first-order valence-corrected chi connectivity index (χ1v) is 9.35. The molecular weight excluding hydrogens is 278 g/mol. The molecule has 0 amide bonds. The molecule has 116 valence electrons. The number of hydrogen-bond donors (Lipinski definition) is 1. The molecule has 1 aromatic carbocycles. The molecule has 2 heterocycles. The zero-order chi connectivity index (χ0) is 14.7. The summed E-state index contributed by atoms with van der Waals surface area (Å²) in [7, 11) is 0. The highest BCUT2D eigenvalue weighted by atomic mass is 32.2. The Hall–Kier alpha value is -0.510. The largest absolute Gasteiger partial charge is 0.374 e. The summed E-state index contributed by atoms with van der Waals surface area (Å²) >= 11 is 2.04. The summed E-state index contributed by atoms with van der Waals surface area (Å²) in [5.41, 5.74) is 9.45. The Morgan fingerprint density at radius 1 is 1.48 bits per heavy atom. The van der Waals surface area contributed by atoms with E-state index in [0.717, 1.165) is 25.9 Å². The van der Waals surface area contributed by atoms with Gasteiger partial charge in [0.15, 0.2) is 0 Å². The van der Waals surface area contributed by atoms with Crippen LogP contribution in [0.25, 0.3) is 0 Å². The van der Waals surface area contributed by atoms with E-state index in [-0.39, 0.29) is 5.60 Å². The second-order valence-electron chi connectivity index (χ2n) is 6.78. The molecule has 2 aliphatic rings. The first kappa shape index (κ1) is 15.4. The van der Waals surface area contributed by atoms with E-state index in [9.17, 15) is 0 Å². The van der Waals surface area contributed by atoms with Gasteiger partial charge in [0.05, 0.1) is 5.60 Å². The molecule has 0 aliphatic carbocycles. The Kier molecular flexibility index (Phi) is 4.92. The van der Waals surface area contributed by atoms with E-state index < -0.39 is 0 Å². The zero-order valence-electron chi connectivity index (χ0n) is 13.0. The Balaban J connectivity index is 1.54. The first-order chi connectivity index (χ1) is 10.2. The van der Waals surface area contributed by atoms with Gasteiger partial charge in [-0.3, -0.25) is 0 Å². The average Bonchev–Trinajstić information content (AvgIpc) is 2.93. The van der Waals surface area contributed by atoms with E-state index in [0.29, 0.717) is 12.0 Å². The van der Waals surface area contributed by atoms with Crippen LogP contribution in [-0.2, 0) is 11.2 Å². The Labute approximate surface area is 132 Å². The average molecular weight is 305 g/mol. The van der Waals surface area contributed by atoms with Crippen molar-refractivity contribution >= 4 is 11.8 Å². The van der Waals surface area contributed by atoms with Crippen LogP contribution in [0.5, 0.6) is 0 Å². The minimum atomic E-state index is 0.161. The maximum atomic E-state index is 6.52. The standard InChI is InChI=1S/C18H27NOS/c1-14-3-2-4-15(11-14)5-6-17(19)16-7-9-20-18(12-16)8-10-21-13-18/h2-4,11,16-17H,5-10,12-13,19H2,1H3. The number of benzene rings is 1. The molecule has 0 aromatic heterocycles. The van der Waals surface area contributed by atoms with Gasteiger partial charge in [-0.15, -0.1) is 0 Å². The van der Waals surface area contributed by atoms with Crippen LogP contribution in [0.15, 0.2) is 24.3 Å². The monoisotopic (exact) mass is 305 g/mol. The van der Waals surface area contributed by atoms with Crippen LogP contribution in [0.1, 0.15) is 36.8 Å². The number of hydrogen-bond acceptors (Lipinski definition) is 3. The van der Waals surface area contributed by atoms with Gasteiger partial charge in [0, 0.05) is 18.4 Å². The maximum absolute atomic E-state index is 6.52. The van der Waals surface area contributed by atoms with Gasteiger partial charge in [0.25, 0.3) is 0 Å². The fourth-order valence-electron chi connectivity index (χ4n) is 3.73. The third kappa shape index (κ3) is 3.82. The predicted octanol–water partition coefficient (Wildman–Crippen LogP) is 3.56. The Morgan fingerprint density at radius 3 is 3.14 bits per heavy atom. The summed E-state index contributed by atoms with van der Waals surface area (Å²) in [4.78, 5) is 0. The molecule has 0 saturated carbocycles. The summed E-state index contributed by atoms with van der Waals surface area (Å²) in [6, 6.07) is 9.13. The minimum absolute atomic E-state index is 0.161. The van der Waals surface area contributed by atoms with Crippen molar-refractivity contribution in [3.05, 3.63) is 35.4 Å². The predicted molar refractivity (Wildman–Crippen MR) is 90.8 cm³/mol. The van der Waals surface area contributed by atoms with Crippen LogP contribution in [-0.4, -0.2) is 29.8 Å². The van der Waals surface area contributed by atoms with Gasteiger partial charge in [-0.05, 0) is 56.3 Å². The summed E-state index contributed by atoms with van der Waals surface area (Å²) < 4.78 is 6.11. The third-order valence-corrected chi connectivity index (χ3v) is 6.28. The lowest BCUT2D eigenvalue weighted by Crippen LogP contribution is -2.45. The lowest BCUT2D eigenvalue weighted by Gasteiger charge is -2.40. The molecule has 2 N–H and O–H groups in total. The highest BCUT2D eigenvalue weighted by Gasteiger charge is 2.41. The van der Waals surface area contributed by atoms with Gasteiger partial charge in [0.2, 0.25) is 0 Å². The smallest absolute Gasteiger partial charge is 0.0783 e. The Bertz CT molecular complexity index is 470. The highest BCUT2D eigenvalue weighted by molar-refractivity contribution is 7.99. The van der Waals surface area contributed by atoms with Crippen molar-refractivity contribution < 1.29 is 4.74 Å². The second-order valence-corrected chi connectivity index (χ2v) is 7.88. The van der Waals surface area contributed by atoms with E-state index in [4.69, 9.17) is 10.5 Å². The molecule has 2 fully saturated rings. The molecule has 2 nitrogen and oxygen atoms in total. The maximum Gasteiger partial charge on any atom is 0.0783 e. The van der Waals surface area contributed by atoms with Crippen molar-refractivity contribution in [2.75, 3.05) is 18.1 Å². The molecule has 3 rings (SSSR count). The number of rotatable bonds is 4. The van der Waals surface area contributed by atoms with Crippen LogP contribution in [0.4, 0.5) is 0 Å². The van der Waals surface area contributed by atoms with Gasteiger partial charge in [-0.25, -0.2) is 0 Å². The fraction of sp³-hybridized carbons (Fsp3) is 0.667. The van der Waals surface area contributed by atoms with Crippen molar-refractivity contribution in [1.29, 1.82) is 0 Å². The van der Waals surface area contributed by atoms with Crippen molar-refractivity contribution in [1.82, 2.24) is 0 Å². The summed E-state index contributed by atoms with van der Waals surface area (Å²) in [5.74, 6) is 3.07. The molecular formula is C18H27NOS. The van der Waals surface area contributed by atoms with Crippen molar-refractivity contribution in [2.45, 2.75) is 50.7 Å². The minimum Gasteiger partial charge on any atom is -0.374 e. The van der Waals surface area contributed by atoms with E-state index >= 15 is 0 Å². The van der Waals surface area contributed by atoms with Gasteiger partial charge in [0.1, 0.15) is 0 Å². The molecule has 3 heteroatoms. The number of thioether (sulfide) groups is 1. The molecule has 3 unspecified atom stereocenters. The molecule has 3 atom stereocenters. The number of aryl methyl sites for hydroxylation is 2. The van der Waals surface area contributed by atoms with Crippen LogP contribution in [0.2, 0.25) is 0 Å². The van der Waals surface area contributed by atoms with Crippen molar-refractivity contribution in [3.8, 4) is 0 Å². The molecule has 0 radical (unpaired) electrons. The third-order valence-electron chi connectivity index (χ3n) is 5.05. The van der Waals surface area contributed by atoms with Crippen LogP contribution < -0.4 is 5.73 Å². The normalized spacial score (nSPS) is 30.7. The Morgan fingerprint density at radius 2 is 2.38 bits per heavy atom. The molecule has 1 aromatic rings. The van der Waals surface area contributed by atoms with E-state index in [1.165, 1.54) is 35.5 Å². The summed E-state index contributed by atoms with van der Waals surface area (Å²) in [5, 5.41) is 0. The van der Waals surface area contributed by atoms with E-state index in [1.807, 2.05) is 11.8 Å². The second kappa shape index (κ2) is 6.72. The molecule has 2 aliphatic heterocycles. The quantitative estimate of drug-likeness (QED) is 0.924. The van der Waals surface area contributed by atoms with Crippen LogP contribution in [0.3, 0.4) is 0 Å². The number of nitrogens with two attached hydrogens (primary N) is 1. The zero-order valence-corrected chi connectivity index (χ0v) is 13.8. The van der Waals surface area contributed by atoms with E-state index in [1.54, 1.807) is 0 Å². The topological polar surface area (TPSA) is 35.2 Å². The van der Waals surface area contributed by atoms with Crippen LogP contribution >= 0.6 is 11.8 Å². The van der Waals surface area contributed by atoms with Crippen LogP contribution in [0, 0.1) is 12.8 Å². The van der Waals surface area contributed by atoms with Crippen molar-refractivity contribution in [3.63, 3.8) is 0 Å². The summed E-state index contributed by atoms with van der Waals surface area (Å²) in [6.07, 6.45) is 5.73. The molecule has 21 heavy (non-hydrogen) atoms. The van der Waals surface area contributed by atoms with Gasteiger partial charge < -0.3 is 10.5 Å². The first-order valence-electron chi connectivity index (χ1n) is 8.20. The lowest BCUT2D eigenvalue weighted by atomic mass is 9.80. The van der Waals surface area contributed by atoms with Gasteiger partial charge >= 0.3 is 0 Å². The highest BCUT2D eigenvalue weighted by Crippen LogP contribution is 2.41. The van der Waals surface area contributed by atoms with E-state index in [2.05, 4.69) is 31.2 Å². The summed E-state index contributed by atoms with van der Waals surface area (Å²) in [6.45, 7) is 3.06. The lowest BCUT2D eigenvalue weighted by molar-refractivity contribution is -0.0834. The fourth-order valence-corrected chi connectivity index (χ4v) is 5.11.